The lowest BCUT2D eigenvalue weighted by molar-refractivity contribution is -0.119. The molecule has 0 atom stereocenters. The van der Waals surface area contributed by atoms with Gasteiger partial charge in [-0.1, -0.05) is 18.2 Å². The molecule has 3 aromatic rings. The summed E-state index contributed by atoms with van der Waals surface area (Å²) >= 11 is 2.76. The van der Waals surface area contributed by atoms with E-state index in [0.29, 0.717) is 23.1 Å². The number of carbonyl (C=O) groups excluding carboxylic acids is 2. The van der Waals surface area contributed by atoms with Crippen LogP contribution in [0.1, 0.15) is 17.4 Å². The normalized spacial score (nSPS) is 11.2. The van der Waals surface area contributed by atoms with Crippen LogP contribution in [0.2, 0.25) is 0 Å². The first-order chi connectivity index (χ1) is 14.6. The monoisotopic (exact) mass is 478 g/mol. The topological polar surface area (TPSA) is 108 Å². The van der Waals surface area contributed by atoms with Gasteiger partial charge in [0.05, 0.1) is 29.1 Å². The Balaban J connectivity index is 1.69. The average molecular weight is 479 g/mol. The number of carbonyl (C=O) groups is 2. The van der Waals surface area contributed by atoms with Gasteiger partial charge in [-0.3, -0.25) is 13.9 Å². The molecular formula is C20H22N4O4S3. The fourth-order valence-corrected chi connectivity index (χ4v) is 5.40. The van der Waals surface area contributed by atoms with Crippen molar-refractivity contribution in [3.05, 3.63) is 52.2 Å². The average Bonchev–Trinajstić information content (AvgIpc) is 3.33. The van der Waals surface area contributed by atoms with E-state index in [-0.39, 0.29) is 12.5 Å². The molecule has 11 heteroatoms. The third kappa shape index (κ3) is 6.12. The van der Waals surface area contributed by atoms with Crippen molar-refractivity contribution in [3.63, 3.8) is 0 Å². The Morgan fingerprint density at radius 1 is 1.16 bits per heavy atom. The minimum Gasteiger partial charge on any atom is -0.351 e. The number of nitrogens with one attached hydrogen (secondary N) is 2. The van der Waals surface area contributed by atoms with E-state index >= 15 is 0 Å². The summed E-state index contributed by atoms with van der Waals surface area (Å²) in [7, 11) is -3.65. The Bertz CT molecular complexity index is 1200. The molecule has 0 saturated heterocycles. The van der Waals surface area contributed by atoms with E-state index in [1.54, 1.807) is 25.1 Å². The number of aryl methyl sites for hydroxylation is 1. The fourth-order valence-electron chi connectivity index (χ4n) is 2.78. The predicted molar refractivity (Wildman–Crippen MR) is 125 cm³/mol. The van der Waals surface area contributed by atoms with Gasteiger partial charge in [-0.05, 0) is 30.7 Å². The molecule has 0 saturated carbocycles. The zero-order valence-corrected chi connectivity index (χ0v) is 19.7. The molecule has 8 nitrogen and oxygen atoms in total. The highest BCUT2D eigenvalue weighted by Gasteiger charge is 2.22. The number of thiophene rings is 1. The van der Waals surface area contributed by atoms with Gasteiger partial charge in [-0.25, -0.2) is 13.4 Å². The first-order valence-corrected chi connectivity index (χ1v) is 12.8. The number of rotatable bonds is 8. The fraction of sp³-hybridized carbons (Fsp3) is 0.250. The van der Waals surface area contributed by atoms with Crippen molar-refractivity contribution in [1.82, 2.24) is 10.3 Å². The number of hydrogen-bond donors (Lipinski definition) is 2. The van der Waals surface area contributed by atoms with Crippen LogP contribution < -0.4 is 14.9 Å². The number of thiazole rings is 1. The summed E-state index contributed by atoms with van der Waals surface area (Å²) < 4.78 is 25.6. The van der Waals surface area contributed by atoms with Gasteiger partial charge in [-0.2, -0.15) is 0 Å². The molecule has 3 rings (SSSR count). The lowest BCUT2D eigenvalue weighted by Crippen LogP contribution is -2.37. The highest BCUT2D eigenvalue weighted by molar-refractivity contribution is 7.92. The molecule has 164 valence electrons. The Labute approximate surface area is 189 Å². The molecule has 0 spiro atoms. The van der Waals surface area contributed by atoms with Crippen LogP contribution in [0.4, 0.5) is 10.8 Å². The third-order valence-corrected chi connectivity index (χ3v) is 7.24. The summed E-state index contributed by atoms with van der Waals surface area (Å²) in [5.41, 5.74) is 1.92. The van der Waals surface area contributed by atoms with E-state index in [0.717, 1.165) is 25.9 Å². The number of benzene rings is 1. The second-order valence-corrected chi connectivity index (χ2v) is 10.8. The number of aromatic nitrogens is 1. The van der Waals surface area contributed by atoms with Crippen molar-refractivity contribution in [1.29, 1.82) is 0 Å². The maximum absolute atomic E-state index is 12.6. The summed E-state index contributed by atoms with van der Waals surface area (Å²) in [6, 6.07) is 10.8. The standard InChI is InChI=1S/C20H22N4O4S3/c1-13-6-4-5-7-17(13)24(31(3,27)28)11-19(26)23-20-22-16(12-29-20)18-9-8-15(30-18)10-21-14(2)25/h4-9,12H,10-11H2,1-3H3,(H,21,25)(H,22,23,26). The largest absolute Gasteiger partial charge is 0.351 e. The van der Waals surface area contributed by atoms with E-state index in [9.17, 15) is 18.0 Å². The van der Waals surface area contributed by atoms with Crippen LogP contribution >= 0.6 is 22.7 Å². The van der Waals surface area contributed by atoms with E-state index in [2.05, 4.69) is 15.6 Å². The lowest BCUT2D eigenvalue weighted by Gasteiger charge is -2.23. The van der Waals surface area contributed by atoms with Crippen molar-refractivity contribution in [2.75, 3.05) is 22.4 Å². The molecular weight excluding hydrogens is 456 g/mol. The predicted octanol–water partition coefficient (Wildman–Crippen LogP) is 3.22. The first kappa shape index (κ1) is 22.9. The van der Waals surface area contributed by atoms with Crippen molar-refractivity contribution in [3.8, 4) is 10.6 Å². The Morgan fingerprint density at radius 3 is 2.58 bits per heavy atom. The second-order valence-electron chi connectivity index (χ2n) is 6.82. The smallest absolute Gasteiger partial charge is 0.246 e. The van der Waals surface area contributed by atoms with Gasteiger partial charge in [0, 0.05) is 17.2 Å². The molecule has 0 fully saturated rings. The van der Waals surface area contributed by atoms with Crippen LogP contribution in [0.3, 0.4) is 0 Å². The van der Waals surface area contributed by atoms with Crippen molar-refractivity contribution >= 4 is 55.3 Å². The molecule has 2 heterocycles. The van der Waals surface area contributed by atoms with Gasteiger partial charge < -0.3 is 10.6 Å². The van der Waals surface area contributed by atoms with Crippen LogP contribution in [-0.2, 0) is 26.2 Å². The quantitative estimate of drug-likeness (QED) is 0.517. The first-order valence-electron chi connectivity index (χ1n) is 9.25. The van der Waals surface area contributed by atoms with Gasteiger partial charge in [0.1, 0.15) is 6.54 Å². The molecule has 0 aliphatic heterocycles. The highest BCUT2D eigenvalue weighted by Crippen LogP contribution is 2.31. The van der Waals surface area contributed by atoms with E-state index in [1.165, 1.54) is 29.6 Å². The molecule has 2 aromatic heterocycles. The molecule has 2 N–H and O–H groups in total. The zero-order valence-electron chi connectivity index (χ0n) is 17.2. The minimum atomic E-state index is -3.65. The van der Waals surface area contributed by atoms with Crippen LogP contribution in [0, 0.1) is 6.92 Å². The molecule has 2 amide bonds. The Kier molecular flexibility index (Phi) is 7.08. The van der Waals surface area contributed by atoms with Gasteiger partial charge in [0.25, 0.3) is 0 Å². The summed E-state index contributed by atoms with van der Waals surface area (Å²) in [6.45, 7) is 3.36. The van der Waals surface area contributed by atoms with Crippen LogP contribution in [0.25, 0.3) is 10.6 Å². The number of sulfonamides is 1. The van der Waals surface area contributed by atoms with E-state index < -0.39 is 15.9 Å². The van der Waals surface area contributed by atoms with E-state index in [1.807, 2.05) is 23.6 Å². The third-order valence-electron chi connectivity index (χ3n) is 4.25. The summed E-state index contributed by atoms with van der Waals surface area (Å²) in [5, 5.41) is 7.63. The van der Waals surface area contributed by atoms with Crippen LogP contribution in [0.5, 0.6) is 0 Å². The number of hydrogen-bond acceptors (Lipinski definition) is 7. The van der Waals surface area contributed by atoms with Gasteiger partial charge in [-0.15, -0.1) is 22.7 Å². The lowest BCUT2D eigenvalue weighted by atomic mass is 10.2. The van der Waals surface area contributed by atoms with Gasteiger partial charge in [0.2, 0.25) is 21.8 Å². The highest BCUT2D eigenvalue weighted by atomic mass is 32.2. The minimum absolute atomic E-state index is 0.0950. The zero-order chi connectivity index (χ0) is 22.6. The summed E-state index contributed by atoms with van der Waals surface area (Å²) in [5.74, 6) is -0.574. The number of anilines is 2. The Morgan fingerprint density at radius 2 is 1.90 bits per heavy atom. The van der Waals surface area contributed by atoms with Crippen molar-refractivity contribution in [2.45, 2.75) is 20.4 Å². The second kappa shape index (κ2) is 9.58. The van der Waals surface area contributed by atoms with Gasteiger partial charge in [0.15, 0.2) is 5.13 Å². The molecule has 31 heavy (non-hydrogen) atoms. The molecule has 0 radical (unpaired) electrons. The summed E-state index contributed by atoms with van der Waals surface area (Å²) in [4.78, 5) is 29.9. The maximum atomic E-state index is 12.6. The van der Waals surface area contributed by atoms with Crippen molar-refractivity contribution < 1.29 is 18.0 Å². The molecule has 0 bridgehead atoms. The molecule has 0 aliphatic carbocycles. The van der Waals surface area contributed by atoms with Crippen LogP contribution in [-0.4, -0.2) is 38.0 Å². The van der Waals surface area contributed by atoms with Crippen molar-refractivity contribution in [2.24, 2.45) is 0 Å². The van der Waals surface area contributed by atoms with E-state index in [4.69, 9.17) is 0 Å². The molecule has 1 aromatic carbocycles. The number of nitrogens with zero attached hydrogens (tertiary/aromatic N) is 2. The number of amides is 2. The molecule has 0 unspecified atom stereocenters. The summed E-state index contributed by atoms with van der Waals surface area (Å²) in [6.07, 6.45) is 1.07. The maximum Gasteiger partial charge on any atom is 0.246 e. The number of para-hydroxylation sites is 1. The molecule has 0 aliphatic rings. The Hall–Kier alpha value is -2.76. The van der Waals surface area contributed by atoms with Crippen LogP contribution in [0.15, 0.2) is 41.8 Å². The van der Waals surface area contributed by atoms with Gasteiger partial charge >= 0.3 is 0 Å². The SMILES string of the molecule is CC(=O)NCc1ccc(-c2csc(NC(=O)CN(c3ccccc3C)S(C)(=O)=O)n2)s1.